The van der Waals surface area contributed by atoms with Crippen molar-refractivity contribution in [2.75, 3.05) is 0 Å². The standard InChI is InChI=1S/C10H16N2O4/c1-10(2,3)7-5(9(15)16-12-7)4-6(11)8(13)14/h6,12H,4,11H2,1-3H3,(H,13,14)/t6-/m0/s1. The number of aromatic nitrogens is 1. The second kappa shape index (κ2) is 4.13. The molecule has 90 valence electrons. The summed E-state index contributed by atoms with van der Waals surface area (Å²) in [5.74, 6) is -1.14. The summed E-state index contributed by atoms with van der Waals surface area (Å²) in [4.78, 5) is 22.0. The van der Waals surface area contributed by atoms with E-state index in [1.807, 2.05) is 20.8 Å². The summed E-state index contributed by atoms with van der Waals surface area (Å²) < 4.78 is 4.67. The highest BCUT2D eigenvalue weighted by Crippen LogP contribution is 2.22. The van der Waals surface area contributed by atoms with Crippen LogP contribution >= 0.6 is 0 Å². The first kappa shape index (κ1) is 12.5. The van der Waals surface area contributed by atoms with Crippen molar-refractivity contribution in [1.29, 1.82) is 0 Å². The Morgan fingerprint density at radius 1 is 1.56 bits per heavy atom. The molecule has 0 aromatic carbocycles. The highest BCUT2D eigenvalue weighted by atomic mass is 16.5. The predicted octanol–water partition coefficient (Wildman–Crippen LogP) is 0.220. The van der Waals surface area contributed by atoms with Gasteiger partial charge in [0.15, 0.2) is 0 Å². The summed E-state index contributed by atoms with van der Waals surface area (Å²) in [5.41, 5.74) is 5.42. The quantitative estimate of drug-likeness (QED) is 0.685. The molecule has 1 aromatic heterocycles. The predicted molar refractivity (Wildman–Crippen MR) is 57.3 cm³/mol. The lowest BCUT2D eigenvalue weighted by Crippen LogP contribution is -2.34. The smallest absolute Gasteiger partial charge is 0.360 e. The van der Waals surface area contributed by atoms with Crippen LogP contribution in [-0.4, -0.2) is 22.3 Å². The summed E-state index contributed by atoms with van der Waals surface area (Å²) in [7, 11) is 0. The van der Waals surface area contributed by atoms with Gasteiger partial charge in [0.05, 0.1) is 11.3 Å². The van der Waals surface area contributed by atoms with E-state index in [0.717, 1.165) is 0 Å². The van der Waals surface area contributed by atoms with Gasteiger partial charge in [0.1, 0.15) is 6.04 Å². The van der Waals surface area contributed by atoms with Gasteiger partial charge in [-0.25, -0.2) is 9.95 Å². The molecule has 0 saturated heterocycles. The van der Waals surface area contributed by atoms with Gasteiger partial charge in [-0.2, -0.15) is 0 Å². The zero-order valence-corrected chi connectivity index (χ0v) is 9.53. The van der Waals surface area contributed by atoms with Crippen molar-refractivity contribution in [1.82, 2.24) is 5.16 Å². The van der Waals surface area contributed by atoms with Gasteiger partial charge in [-0.1, -0.05) is 20.8 Å². The van der Waals surface area contributed by atoms with Gasteiger partial charge in [-0.15, -0.1) is 0 Å². The first-order chi connectivity index (χ1) is 7.23. The van der Waals surface area contributed by atoms with E-state index < -0.39 is 17.6 Å². The zero-order valence-electron chi connectivity index (χ0n) is 9.53. The number of nitrogens with one attached hydrogen (secondary N) is 1. The topological polar surface area (TPSA) is 109 Å². The van der Waals surface area contributed by atoms with E-state index >= 15 is 0 Å². The second-order valence-electron chi connectivity index (χ2n) is 4.74. The molecule has 1 heterocycles. The average molecular weight is 228 g/mol. The number of hydrogen-bond donors (Lipinski definition) is 3. The Morgan fingerprint density at radius 3 is 2.56 bits per heavy atom. The number of rotatable bonds is 3. The van der Waals surface area contributed by atoms with Crippen molar-refractivity contribution in [2.45, 2.75) is 38.6 Å². The molecule has 0 radical (unpaired) electrons. The van der Waals surface area contributed by atoms with E-state index in [1.54, 1.807) is 0 Å². The molecular formula is C10H16N2O4. The minimum atomic E-state index is -1.14. The van der Waals surface area contributed by atoms with Gasteiger partial charge in [0, 0.05) is 11.8 Å². The van der Waals surface area contributed by atoms with Crippen LogP contribution in [-0.2, 0) is 16.6 Å². The van der Waals surface area contributed by atoms with Gasteiger partial charge in [-0.3, -0.25) is 4.79 Å². The molecule has 0 aliphatic carbocycles. The number of carboxylic acid groups (broad SMARTS) is 1. The van der Waals surface area contributed by atoms with Crippen molar-refractivity contribution in [3.8, 4) is 0 Å². The van der Waals surface area contributed by atoms with Crippen LogP contribution in [0.5, 0.6) is 0 Å². The third-order valence-electron chi connectivity index (χ3n) is 2.29. The van der Waals surface area contributed by atoms with Crippen molar-refractivity contribution >= 4 is 5.97 Å². The second-order valence-corrected chi connectivity index (χ2v) is 4.74. The van der Waals surface area contributed by atoms with E-state index in [-0.39, 0.29) is 11.8 Å². The maximum absolute atomic E-state index is 11.4. The first-order valence-electron chi connectivity index (χ1n) is 4.92. The minimum absolute atomic E-state index is 0.0340. The number of carbonyl (C=O) groups is 1. The fraction of sp³-hybridized carbons (Fsp3) is 0.600. The van der Waals surface area contributed by atoms with Crippen LogP contribution in [0, 0.1) is 0 Å². The molecule has 0 fully saturated rings. The summed E-state index contributed by atoms with van der Waals surface area (Å²) in [6.07, 6.45) is -0.0340. The minimum Gasteiger partial charge on any atom is -0.480 e. The average Bonchev–Trinajstić information content (AvgIpc) is 2.47. The van der Waals surface area contributed by atoms with Crippen LogP contribution in [0.4, 0.5) is 0 Å². The Morgan fingerprint density at radius 2 is 2.12 bits per heavy atom. The summed E-state index contributed by atoms with van der Waals surface area (Å²) >= 11 is 0. The van der Waals surface area contributed by atoms with Crippen LogP contribution in [0.25, 0.3) is 0 Å². The molecule has 4 N–H and O–H groups in total. The zero-order chi connectivity index (χ0) is 12.5. The fourth-order valence-electron chi connectivity index (χ4n) is 1.42. The monoisotopic (exact) mass is 228 g/mol. The third-order valence-corrected chi connectivity index (χ3v) is 2.29. The van der Waals surface area contributed by atoms with Gasteiger partial charge in [0.2, 0.25) is 0 Å². The number of H-pyrrole nitrogens is 1. The van der Waals surface area contributed by atoms with Crippen LogP contribution in [0.2, 0.25) is 0 Å². The molecule has 0 bridgehead atoms. The Balaban J connectivity index is 3.09. The molecule has 6 nitrogen and oxygen atoms in total. The number of nitrogens with two attached hydrogens (primary N) is 1. The van der Waals surface area contributed by atoms with Gasteiger partial charge in [0.25, 0.3) is 0 Å². The van der Waals surface area contributed by atoms with Crippen LogP contribution in [0.15, 0.2) is 9.32 Å². The van der Waals surface area contributed by atoms with Gasteiger partial charge < -0.3 is 15.4 Å². The van der Waals surface area contributed by atoms with Crippen LogP contribution in [0.3, 0.4) is 0 Å². The Kier molecular flexibility index (Phi) is 3.23. The molecule has 0 saturated carbocycles. The molecule has 1 atom stereocenters. The highest BCUT2D eigenvalue weighted by Gasteiger charge is 2.26. The molecule has 0 amide bonds. The molecule has 1 rings (SSSR count). The molecular weight excluding hydrogens is 212 g/mol. The summed E-state index contributed by atoms with van der Waals surface area (Å²) in [6, 6.07) is -1.10. The third kappa shape index (κ3) is 2.52. The largest absolute Gasteiger partial charge is 0.480 e. The van der Waals surface area contributed by atoms with E-state index in [4.69, 9.17) is 10.8 Å². The van der Waals surface area contributed by atoms with E-state index in [9.17, 15) is 9.59 Å². The molecule has 16 heavy (non-hydrogen) atoms. The van der Waals surface area contributed by atoms with Crippen LogP contribution in [0.1, 0.15) is 32.0 Å². The molecule has 6 heteroatoms. The maximum atomic E-state index is 11.4. The van der Waals surface area contributed by atoms with E-state index in [1.165, 1.54) is 0 Å². The Bertz CT molecular complexity index is 438. The SMILES string of the molecule is CC(C)(C)c1[nH]oc(=O)c1C[C@H](N)C(=O)O. The molecule has 0 aliphatic heterocycles. The normalized spacial score (nSPS) is 13.8. The highest BCUT2D eigenvalue weighted by molar-refractivity contribution is 5.73. The van der Waals surface area contributed by atoms with Crippen molar-refractivity contribution in [3.63, 3.8) is 0 Å². The fourth-order valence-corrected chi connectivity index (χ4v) is 1.42. The summed E-state index contributed by atoms with van der Waals surface area (Å²) in [5, 5.41) is 11.2. The lowest BCUT2D eigenvalue weighted by molar-refractivity contribution is -0.138. The number of carboxylic acids is 1. The molecule has 0 unspecified atom stereocenters. The molecule has 0 spiro atoms. The number of hydrogen-bond acceptors (Lipinski definition) is 4. The van der Waals surface area contributed by atoms with Crippen molar-refractivity contribution in [2.24, 2.45) is 5.73 Å². The van der Waals surface area contributed by atoms with Gasteiger partial charge >= 0.3 is 11.6 Å². The molecule has 1 aromatic rings. The lowest BCUT2D eigenvalue weighted by atomic mass is 9.88. The Hall–Kier alpha value is -1.56. The first-order valence-corrected chi connectivity index (χ1v) is 4.92. The van der Waals surface area contributed by atoms with Crippen LogP contribution < -0.4 is 11.4 Å². The van der Waals surface area contributed by atoms with E-state index in [0.29, 0.717) is 11.3 Å². The maximum Gasteiger partial charge on any atom is 0.360 e. The van der Waals surface area contributed by atoms with Gasteiger partial charge in [-0.05, 0) is 0 Å². The molecule has 0 aliphatic rings. The lowest BCUT2D eigenvalue weighted by Gasteiger charge is -2.17. The van der Waals surface area contributed by atoms with Crippen molar-refractivity contribution < 1.29 is 14.4 Å². The number of aromatic amines is 1. The Labute approximate surface area is 92.4 Å². The van der Waals surface area contributed by atoms with E-state index in [2.05, 4.69) is 9.68 Å². The summed E-state index contributed by atoms with van der Waals surface area (Å²) in [6.45, 7) is 5.68. The van der Waals surface area contributed by atoms with Crippen molar-refractivity contribution in [3.05, 3.63) is 21.7 Å². The number of aliphatic carboxylic acids is 1.